The molecule has 1 saturated carbocycles. The van der Waals surface area contributed by atoms with E-state index in [1.807, 2.05) is 17.5 Å². The Morgan fingerprint density at radius 2 is 2.24 bits per heavy atom. The van der Waals surface area contributed by atoms with Gasteiger partial charge in [0.25, 0.3) is 5.56 Å². The summed E-state index contributed by atoms with van der Waals surface area (Å²) in [4.78, 5) is 21.0. The van der Waals surface area contributed by atoms with Crippen molar-refractivity contribution in [2.45, 2.75) is 18.8 Å². The van der Waals surface area contributed by atoms with Crippen LogP contribution in [0.2, 0.25) is 0 Å². The Morgan fingerprint density at radius 3 is 2.97 bits per heavy atom. The van der Waals surface area contributed by atoms with E-state index in [2.05, 4.69) is 20.4 Å². The third-order valence-corrected chi connectivity index (χ3v) is 5.76. The first-order valence-electron chi connectivity index (χ1n) is 9.47. The van der Waals surface area contributed by atoms with Crippen LogP contribution in [0.3, 0.4) is 0 Å². The monoisotopic (exact) mass is 413 g/mol. The molecule has 0 amide bonds. The van der Waals surface area contributed by atoms with E-state index in [0.29, 0.717) is 36.6 Å². The molecule has 3 aromatic heterocycles. The lowest BCUT2D eigenvalue weighted by Gasteiger charge is -2.10. The van der Waals surface area contributed by atoms with E-state index in [4.69, 9.17) is 9.47 Å². The molecule has 1 aliphatic carbocycles. The van der Waals surface area contributed by atoms with Gasteiger partial charge in [-0.2, -0.15) is 0 Å². The molecule has 29 heavy (non-hydrogen) atoms. The van der Waals surface area contributed by atoms with Gasteiger partial charge in [0.05, 0.1) is 24.9 Å². The highest BCUT2D eigenvalue weighted by molar-refractivity contribution is 7.09. The zero-order valence-electron chi connectivity index (χ0n) is 16.4. The summed E-state index contributed by atoms with van der Waals surface area (Å²) in [5.41, 5.74) is 1.36. The average Bonchev–Trinajstić information content (AvgIpc) is 3.33. The average molecular weight is 414 g/mol. The van der Waals surface area contributed by atoms with E-state index in [-0.39, 0.29) is 5.56 Å². The number of nitrogens with one attached hydrogen (secondary N) is 1. The second-order valence-electron chi connectivity index (χ2n) is 6.96. The van der Waals surface area contributed by atoms with Gasteiger partial charge in [0.2, 0.25) is 5.88 Å². The molecule has 0 radical (unpaired) electrons. The molecule has 1 unspecified atom stereocenters. The highest BCUT2D eigenvalue weighted by Gasteiger charge is 2.40. The number of nitrogens with zero attached hydrogens (tertiary/aromatic N) is 4. The molecular formula is C20H23N5O3S. The fourth-order valence-electron chi connectivity index (χ4n) is 3.18. The van der Waals surface area contributed by atoms with Gasteiger partial charge in [-0.05, 0) is 18.6 Å². The molecule has 0 aliphatic heterocycles. The first-order valence-corrected chi connectivity index (χ1v) is 10.4. The summed E-state index contributed by atoms with van der Waals surface area (Å²) in [6, 6.07) is 5.60. The van der Waals surface area contributed by atoms with Crippen LogP contribution < -0.4 is 20.3 Å². The van der Waals surface area contributed by atoms with Crippen molar-refractivity contribution >= 4 is 17.0 Å². The smallest absolute Gasteiger partial charge is 0.290 e. The first kappa shape index (κ1) is 19.4. The predicted molar refractivity (Wildman–Crippen MR) is 111 cm³/mol. The lowest BCUT2D eigenvalue weighted by molar-refractivity contribution is 0.278. The fraction of sp³-hybridized carbons (Fsp3) is 0.400. The Balaban J connectivity index is 1.32. The van der Waals surface area contributed by atoms with E-state index in [1.165, 1.54) is 4.68 Å². The molecule has 3 aromatic rings. The van der Waals surface area contributed by atoms with Crippen molar-refractivity contribution in [1.82, 2.24) is 19.7 Å². The number of anilines is 1. The Kier molecular flexibility index (Phi) is 5.75. The van der Waals surface area contributed by atoms with Crippen molar-refractivity contribution in [1.29, 1.82) is 0 Å². The SMILES string of the molecule is COc1ccc([C@@H]2CC2COc2cc(NCCc3nccs3)c(=O)n(C)n2)nc1. The van der Waals surface area contributed by atoms with E-state index in [1.54, 1.807) is 44.0 Å². The van der Waals surface area contributed by atoms with Gasteiger partial charge in [0.15, 0.2) is 0 Å². The molecule has 8 nitrogen and oxygen atoms in total. The molecule has 0 aromatic carbocycles. The summed E-state index contributed by atoms with van der Waals surface area (Å²) in [6.07, 6.45) is 5.32. The lowest BCUT2D eigenvalue weighted by atomic mass is 10.2. The van der Waals surface area contributed by atoms with Crippen molar-refractivity contribution in [3.8, 4) is 11.6 Å². The number of ether oxygens (including phenoxy) is 2. The van der Waals surface area contributed by atoms with E-state index < -0.39 is 0 Å². The van der Waals surface area contributed by atoms with E-state index in [9.17, 15) is 4.79 Å². The topological polar surface area (TPSA) is 91.2 Å². The summed E-state index contributed by atoms with van der Waals surface area (Å²) in [5.74, 6) is 1.99. The second-order valence-corrected chi connectivity index (χ2v) is 7.94. The van der Waals surface area contributed by atoms with E-state index in [0.717, 1.165) is 29.3 Å². The highest BCUT2D eigenvalue weighted by atomic mass is 32.1. The third-order valence-electron chi connectivity index (χ3n) is 4.92. The normalized spacial score (nSPS) is 17.7. The van der Waals surface area contributed by atoms with Gasteiger partial charge in [-0.25, -0.2) is 9.67 Å². The third kappa shape index (κ3) is 4.73. The minimum Gasteiger partial charge on any atom is -0.495 e. The number of hydrogen-bond donors (Lipinski definition) is 1. The Hall–Kier alpha value is -2.94. The van der Waals surface area contributed by atoms with Gasteiger partial charge in [-0.3, -0.25) is 9.78 Å². The number of thiazole rings is 1. The molecule has 152 valence electrons. The highest BCUT2D eigenvalue weighted by Crippen LogP contribution is 2.46. The molecule has 3 heterocycles. The number of rotatable bonds is 9. The quantitative estimate of drug-likeness (QED) is 0.576. The number of hydrogen-bond acceptors (Lipinski definition) is 8. The molecule has 0 spiro atoms. The Bertz CT molecular complexity index is 1000. The minimum atomic E-state index is -0.178. The summed E-state index contributed by atoms with van der Waals surface area (Å²) < 4.78 is 12.3. The second kappa shape index (κ2) is 8.60. The summed E-state index contributed by atoms with van der Waals surface area (Å²) in [5, 5.41) is 10.4. The van der Waals surface area contributed by atoms with Crippen LogP contribution in [0.25, 0.3) is 0 Å². The number of methoxy groups -OCH3 is 1. The molecule has 1 fully saturated rings. The van der Waals surface area contributed by atoms with E-state index >= 15 is 0 Å². The zero-order chi connectivity index (χ0) is 20.2. The molecule has 1 aliphatic rings. The Morgan fingerprint density at radius 1 is 1.34 bits per heavy atom. The van der Waals surface area contributed by atoms with Gasteiger partial charge in [-0.15, -0.1) is 16.4 Å². The minimum absolute atomic E-state index is 0.178. The largest absolute Gasteiger partial charge is 0.495 e. The molecule has 0 bridgehead atoms. The lowest BCUT2D eigenvalue weighted by Crippen LogP contribution is -2.24. The molecule has 9 heteroatoms. The van der Waals surface area contributed by atoms with Crippen molar-refractivity contribution in [2.24, 2.45) is 13.0 Å². The maximum absolute atomic E-state index is 12.3. The van der Waals surface area contributed by atoms with Gasteiger partial charge < -0.3 is 14.8 Å². The van der Waals surface area contributed by atoms with Gasteiger partial charge in [0, 0.05) is 55.2 Å². The van der Waals surface area contributed by atoms with Crippen LogP contribution in [0.5, 0.6) is 11.6 Å². The van der Waals surface area contributed by atoms with Crippen LogP contribution >= 0.6 is 11.3 Å². The van der Waals surface area contributed by atoms with Crippen molar-refractivity contribution in [3.05, 3.63) is 57.0 Å². The standard InChI is InChI=1S/C20H23N5O3S/c1-25-20(26)17(21-6-5-19-22-7-8-29-19)10-18(24-25)28-12-13-9-15(13)16-4-3-14(27-2)11-23-16/h3-4,7-8,10-11,13,15,21H,5-6,9,12H2,1-2H3/t13?,15-/m1/s1. The summed E-state index contributed by atoms with van der Waals surface area (Å²) in [6.45, 7) is 1.17. The fourth-order valence-corrected chi connectivity index (χ4v) is 3.80. The first-order chi connectivity index (χ1) is 14.1. The van der Waals surface area contributed by atoms with Gasteiger partial charge in [0.1, 0.15) is 11.4 Å². The van der Waals surface area contributed by atoms with Crippen LogP contribution in [-0.2, 0) is 13.5 Å². The van der Waals surface area contributed by atoms with Crippen LogP contribution in [0, 0.1) is 5.92 Å². The summed E-state index contributed by atoms with van der Waals surface area (Å²) >= 11 is 1.60. The zero-order valence-corrected chi connectivity index (χ0v) is 17.2. The number of pyridine rings is 1. The number of aromatic nitrogens is 4. The number of aryl methyl sites for hydroxylation is 1. The van der Waals surface area contributed by atoms with Crippen molar-refractivity contribution in [2.75, 3.05) is 25.6 Å². The maximum Gasteiger partial charge on any atom is 0.290 e. The van der Waals surface area contributed by atoms with Gasteiger partial charge in [-0.1, -0.05) is 0 Å². The maximum atomic E-state index is 12.3. The van der Waals surface area contributed by atoms with Crippen LogP contribution in [-0.4, -0.2) is 40.0 Å². The Labute approximate surface area is 172 Å². The molecule has 4 rings (SSSR count). The predicted octanol–water partition coefficient (Wildman–Crippen LogP) is 2.48. The van der Waals surface area contributed by atoms with Crippen LogP contribution in [0.15, 0.2) is 40.8 Å². The molecule has 1 N–H and O–H groups in total. The van der Waals surface area contributed by atoms with Crippen molar-refractivity contribution < 1.29 is 9.47 Å². The van der Waals surface area contributed by atoms with Crippen LogP contribution in [0.1, 0.15) is 23.0 Å². The summed E-state index contributed by atoms with van der Waals surface area (Å²) in [7, 11) is 3.26. The van der Waals surface area contributed by atoms with Crippen molar-refractivity contribution in [3.63, 3.8) is 0 Å². The van der Waals surface area contributed by atoms with Crippen LogP contribution in [0.4, 0.5) is 5.69 Å². The molecule has 0 saturated heterocycles. The molecule has 2 atom stereocenters. The van der Waals surface area contributed by atoms with Gasteiger partial charge >= 0.3 is 0 Å². The molecular weight excluding hydrogens is 390 g/mol.